The number of nitrogens with two attached hydrogens (primary N) is 1. The van der Waals surface area contributed by atoms with E-state index in [2.05, 4.69) is 0 Å². The van der Waals surface area contributed by atoms with Crippen molar-refractivity contribution in [3.05, 3.63) is 52.5 Å². The number of halogens is 1. The molecule has 0 spiro atoms. The molecule has 0 saturated carbocycles. The van der Waals surface area contributed by atoms with E-state index in [-0.39, 0.29) is 5.92 Å². The van der Waals surface area contributed by atoms with Crippen LogP contribution in [0.1, 0.15) is 17.0 Å². The highest BCUT2D eigenvalue weighted by molar-refractivity contribution is 6.32. The van der Waals surface area contributed by atoms with Crippen LogP contribution in [0, 0.1) is 0 Å². The van der Waals surface area contributed by atoms with Crippen LogP contribution in [0.3, 0.4) is 0 Å². The summed E-state index contributed by atoms with van der Waals surface area (Å²) in [6.07, 6.45) is 0.791. The zero-order chi connectivity index (χ0) is 16.8. The van der Waals surface area contributed by atoms with E-state index in [0.717, 1.165) is 17.5 Å². The lowest BCUT2D eigenvalue weighted by Gasteiger charge is -2.17. The molecule has 1 unspecified atom stereocenters. The number of hydrogen-bond donors (Lipinski definition) is 1. The number of benzene rings is 2. The van der Waals surface area contributed by atoms with Gasteiger partial charge in [-0.05, 0) is 48.4 Å². The molecular formula is C18H22ClNO3. The maximum absolute atomic E-state index is 6.22. The third kappa shape index (κ3) is 4.09. The Hall–Kier alpha value is -1.91. The normalized spacial score (nSPS) is 11.9. The molecule has 0 amide bonds. The van der Waals surface area contributed by atoms with Crippen LogP contribution in [0.4, 0.5) is 0 Å². The van der Waals surface area contributed by atoms with Gasteiger partial charge in [0.25, 0.3) is 0 Å². The van der Waals surface area contributed by atoms with Gasteiger partial charge >= 0.3 is 0 Å². The third-order valence-electron chi connectivity index (χ3n) is 3.86. The molecule has 2 N–H and O–H groups in total. The quantitative estimate of drug-likeness (QED) is 0.839. The Morgan fingerprint density at radius 3 is 2.13 bits per heavy atom. The van der Waals surface area contributed by atoms with Gasteiger partial charge in [-0.1, -0.05) is 23.7 Å². The summed E-state index contributed by atoms with van der Waals surface area (Å²) >= 11 is 6.22. The predicted molar refractivity (Wildman–Crippen MR) is 93.0 cm³/mol. The molecule has 23 heavy (non-hydrogen) atoms. The van der Waals surface area contributed by atoms with Gasteiger partial charge in [-0.15, -0.1) is 0 Å². The molecule has 2 rings (SSSR count). The molecule has 0 aliphatic carbocycles. The predicted octanol–water partition coefficient (Wildman–Crippen LogP) is 3.65. The van der Waals surface area contributed by atoms with E-state index in [1.807, 2.05) is 36.4 Å². The Balaban J connectivity index is 2.24. The maximum atomic E-state index is 6.22. The van der Waals surface area contributed by atoms with Gasteiger partial charge in [0.15, 0.2) is 11.5 Å². The summed E-state index contributed by atoms with van der Waals surface area (Å²) in [5, 5.41) is 0.593. The van der Waals surface area contributed by atoms with Crippen LogP contribution < -0.4 is 19.9 Å². The first-order valence-corrected chi connectivity index (χ1v) is 7.75. The van der Waals surface area contributed by atoms with Crippen molar-refractivity contribution < 1.29 is 14.2 Å². The van der Waals surface area contributed by atoms with E-state index in [4.69, 9.17) is 31.5 Å². The highest BCUT2D eigenvalue weighted by atomic mass is 35.5. The van der Waals surface area contributed by atoms with Gasteiger partial charge in [0.1, 0.15) is 5.75 Å². The first-order valence-electron chi connectivity index (χ1n) is 7.37. The standard InChI is InChI=1S/C18H22ClNO3/c1-21-16-7-5-13(10-15(16)19)14(11-20)8-12-4-6-17(22-2)18(9-12)23-3/h4-7,9-10,14H,8,11,20H2,1-3H3. The first-order chi connectivity index (χ1) is 11.1. The minimum atomic E-state index is 0.163. The summed E-state index contributed by atoms with van der Waals surface area (Å²) in [7, 11) is 4.86. The molecule has 5 heteroatoms. The Bertz CT molecular complexity index is 661. The van der Waals surface area contributed by atoms with Gasteiger partial charge in [-0.2, -0.15) is 0 Å². The molecule has 0 heterocycles. The monoisotopic (exact) mass is 335 g/mol. The van der Waals surface area contributed by atoms with E-state index >= 15 is 0 Å². The van der Waals surface area contributed by atoms with E-state index in [0.29, 0.717) is 28.8 Å². The van der Waals surface area contributed by atoms with Crippen molar-refractivity contribution in [1.82, 2.24) is 0 Å². The highest BCUT2D eigenvalue weighted by Gasteiger charge is 2.14. The zero-order valence-corrected chi connectivity index (χ0v) is 14.4. The lowest BCUT2D eigenvalue weighted by atomic mass is 9.92. The van der Waals surface area contributed by atoms with Gasteiger partial charge in [0.2, 0.25) is 0 Å². The molecule has 0 bridgehead atoms. The van der Waals surface area contributed by atoms with Crippen LogP contribution in [0.5, 0.6) is 17.2 Å². The second kappa shape index (κ2) is 8.09. The number of rotatable bonds is 7. The Morgan fingerprint density at radius 1 is 0.913 bits per heavy atom. The highest BCUT2D eigenvalue weighted by Crippen LogP contribution is 2.32. The van der Waals surface area contributed by atoms with Crippen LogP contribution in [0.15, 0.2) is 36.4 Å². The van der Waals surface area contributed by atoms with Gasteiger partial charge < -0.3 is 19.9 Å². The Morgan fingerprint density at radius 2 is 1.57 bits per heavy atom. The lowest BCUT2D eigenvalue weighted by Crippen LogP contribution is -2.15. The average Bonchev–Trinajstić information content (AvgIpc) is 2.59. The second-order valence-corrected chi connectivity index (χ2v) is 5.63. The summed E-state index contributed by atoms with van der Waals surface area (Å²) in [5.41, 5.74) is 8.19. The molecule has 0 aliphatic rings. The van der Waals surface area contributed by atoms with Gasteiger partial charge in [-0.25, -0.2) is 0 Å². The number of hydrogen-bond acceptors (Lipinski definition) is 4. The van der Waals surface area contributed by atoms with Gasteiger partial charge in [-0.3, -0.25) is 0 Å². The molecule has 124 valence electrons. The van der Waals surface area contributed by atoms with Crippen LogP contribution in [0.25, 0.3) is 0 Å². The van der Waals surface area contributed by atoms with E-state index in [1.54, 1.807) is 21.3 Å². The molecular weight excluding hydrogens is 314 g/mol. The fourth-order valence-corrected chi connectivity index (χ4v) is 2.83. The van der Waals surface area contributed by atoms with Gasteiger partial charge in [0, 0.05) is 5.92 Å². The van der Waals surface area contributed by atoms with E-state index < -0.39 is 0 Å². The minimum absolute atomic E-state index is 0.163. The van der Waals surface area contributed by atoms with E-state index in [9.17, 15) is 0 Å². The Labute approximate surface area is 142 Å². The average molecular weight is 336 g/mol. The second-order valence-electron chi connectivity index (χ2n) is 5.22. The first kappa shape index (κ1) is 17.4. The molecule has 2 aromatic rings. The van der Waals surface area contributed by atoms with Crippen LogP contribution in [-0.2, 0) is 6.42 Å². The van der Waals surface area contributed by atoms with Gasteiger partial charge in [0.05, 0.1) is 26.4 Å². The minimum Gasteiger partial charge on any atom is -0.495 e. The molecule has 0 fully saturated rings. The SMILES string of the molecule is COc1ccc(C(CN)Cc2ccc(OC)c(OC)c2)cc1Cl. The Kier molecular flexibility index (Phi) is 6.13. The summed E-state index contributed by atoms with van der Waals surface area (Å²) in [6, 6.07) is 11.7. The van der Waals surface area contributed by atoms with Crippen molar-refractivity contribution in [1.29, 1.82) is 0 Å². The fraction of sp³-hybridized carbons (Fsp3) is 0.333. The molecule has 0 aliphatic heterocycles. The van der Waals surface area contributed by atoms with Crippen LogP contribution >= 0.6 is 11.6 Å². The van der Waals surface area contributed by atoms with Crippen LogP contribution in [-0.4, -0.2) is 27.9 Å². The molecule has 0 saturated heterocycles. The summed E-state index contributed by atoms with van der Waals surface area (Å²) in [5.74, 6) is 2.26. The van der Waals surface area contributed by atoms with Crippen molar-refractivity contribution in [3.63, 3.8) is 0 Å². The number of ether oxygens (including phenoxy) is 3. The van der Waals surface area contributed by atoms with Crippen molar-refractivity contribution >= 4 is 11.6 Å². The van der Waals surface area contributed by atoms with Crippen LogP contribution in [0.2, 0.25) is 5.02 Å². The smallest absolute Gasteiger partial charge is 0.160 e. The third-order valence-corrected chi connectivity index (χ3v) is 4.16. The topological polar surface area (TPSA) is 53.7 Å². The lowest BCUT2D eigenvalue weighted by molar-refractivity contribution is 0.354. The van der Waals surface area contributed by atoms with Crippen molar-refractivity contribution in [2.24, 2.45) is 5.73 Å². The molecule has 0 aromatic heterocycles. The van der Waals surface area contributed by atoms with Crippen molar-refractivity contribution in [3.8, 4) is 17.2 Å². The molecule has 4 nitrogen and oxygen atoms in total. The summed E-state index contributed by atoms with van der Waals surface area (Å²) in [4.78, 5) is 0. The van der Waals surface area contributed by atoms with Crippen molar-refractivity contribution in [2.45, 2.75) is 12.3 Å². The molecule has 2 aromatic carbocycles. The van der Waals surface area contributed by atoms with Crippen molar-refractivity contribution in [2.75, 3.05) is 27.9 Å². The number of methoxy groups -OCH3 is 3. The fourth-order valence-electron chi connectivity index (χ4n) is 2.57. The summed E-state index contributed by atoms with van der Waals surface area (Å²) < 4.78 is 15.8. The largest absolute Gasteiger partial charge is 0.495 e. The summed E-state index contributed by atoms with van der Waals surface area (Å²) in [6.45, 7) is 0.525. The van der Waals surface area contributed by atoms with E-state index in [1.165, 1.54) is 0 Å². The maximum Gasteiger partial charge on any atom is 0.160 e. The molecule has 1 atom stereocenters. The zero-order valence-electron chi connectivity index (χ0n) is 13.6. The molecule has 0 radical (unpaired) electrons.